The van der Waals surface area contributed by atoms with Gasteiger partial charge >= 0.3 is 0 Å². The molecule has 182 valence electrons. The minimum Gasteiger partial charge on any atom is -0.487 e. The molecule has 0 atom stereocenters. The highest BCUT2D eigenvalue weighted by molar-refractivity contribution is 5.90. The van der Waals surface area contributed by atoms with Crippen LogP contribution in [0.4, 0.5) is 5.69 Å². The molecule has 0 aliphatic carbocycles. The van der Waals surface area contributed by atoms with E-state index in [2.05, 4.69) is 50.2 Å². The second kappa shape index (κ2) is 9.93. The lowest BCUT2D eigenvalue weighted by atomic mass is 10.1. The number of morpholine rings is 1. The average molecular weight is 483 g/mol. The van der Waals surface area contributed by atoms with Gasteiger partial charge in [0.15, 0.2) is 17.1 Å². The second-order valence-corrected chi connectivity index (χ2v) is 8.87. The Hall–Kier alpha value is -4.00. The Kier molecular flexibility index (Phi) is 6.20. The quantitative estimate of drug-likeness (QED) is 0.455. The van der Waals surface area contributed by atoms with Crippen LogP contribution in [0.25, 0.3) is 33.8 Å². The van der Waals surface area contributed by atoms with Crippen LogP contribution in [0.15, 0.2) is 48.7 Å². The standard InChI is InChI=1S/C27H26N6O3/c28-17-23-24(36-20-8-13-34-14-9-20)6-5-22(30-23)21-7-10-29-27-25(21)31-26(32-27)18-1-3-19(4-2-18)33-11-15-35-16-12-33/h1-7,10,20H,8-9,11-16H2,(H,29,31,32). The third-order valence-electron chi connectivity index (χ3n) is 6.61. The van der Waals surface area contributed by atoms with Crippen LogP contribution in [0, 0.1) is 11.3 Å². The van der Waals surface area contributed by atoms with Crippen molar-refractivity contribution in [3.05, 3.63) is 54.4 Å². The lowest BCUT2D eigenvalue weighted by Crippen LogP contribution is -2.36. The molecule has 2 aliphatic heterocycles. The summed E-state index contributed by atoms with van der Waals surface area (Å²) < 4.78 is 16.9. The molecular weight excluding hydrogens is 456 g/mol. The van der Waals surface area contributed by atoms with E-state index in [1.165, 1.54) is 5.69 Å². The molecule has 36 heavy (non-hydrogen) atoms. The Bertz CT molecular complexity index is 1400. The molecule has 0 amide bonds. The fraction of sp³-hybridized carbons (Fsp3) is 0.333. The van der Waals surface area contributed by atoms with Gasteiger partial charge in [0.2, 0.25) is 0 Å². The largest absolute Gasteiger partial charge is 0.487 e. The van der Waals surface area contributed by atoms with Crippen LogP contribution in [-0.2, 0) is 9.47 Å². The molecule has 0 bridgehead atoms. The van der Waals surface area contributed by atoms with E-state index in [0.717, 1.165) is 61.6 Å². The van der Waals surface area contributed by atoms with Crippen molar-refractivity contribution in [1.29, 1.82) is 5.26 Å². The summed E-state index contributed by atoms with van der Waals surface area (Å²) in [4.78, 5) is 19.5. The number of H-pyrrole nitrogens is 1. The Labute approximate surface area is 208 Å². The van der Waals surface area contributed by atoms with Gasteiger partial charge < -0.3 is 24.1 Å². The zero-order valence-electron chi connectivity index (χ0n) is 19.8. The fourth-order valence-electron chi connectivity index (χ4n) is 4.66. The molecule has 4 aromatic rings. The van der Waals surface area contributed by atoms with Crippen LogP contribution in [0.1, 0.15) is 18.5 Å². The summed E-state index contributed by atoms with van der Waals surface area (Å²) in [6.45, 7) is 4.64. The molecule has 3 aromatic heterocycles. The van der Waals surface area contributed by atoms with Crippen molar-refractivity contribution < 1.29 is 14.2 Å². The third kappa shape index (κ3) is 4.49. The number of fused-ring (bicyclic) bond motifs is 1. The van der Waals surface area contributed by atoms with E-state index in [1.807, 2.05) is 18.2 Å². The summed E-state index contributed by atoms with van der Waals surface area (Å²) in [6.07, 6.45) is 3.37. The summed E-state index contributed by atoms with van der Waals surface area (Å²) in [5.74, 6) is 1.24. The molecule has 0 unspecified atom stereocenters. The average Bonchev–Trinajstić information content (AvgIpc) is 3.39. The van der Waals surface area contributed by atoms with E-state index in [1.54, 1.807) is 6.20 Å². The highest BCUT2D eigenvalue weighted by Gasteiger charge is 2.19. The lowest BCUT2D eigenvalue weighted by molar-refractivity contribution is 0.0253. The molecule has 0 radical (unpaired) electrons. The van der Waals surface area contributed by atoms with Gasteiger partial charge in [-0.2, -0.15) is 5.26 Å². The van der Waals surface area contributed by atoms with E-state index in [4.69, 9.17) is 19.2 Å². The minimum absolute atomic E-state index is 0.0379. The van der Waals surface area contributed by atoms with Crippen molar-refractivity contribution in [1.82, 2.24) is 19.9 Å². The fourth-order valence-corrected chi connectivity index (χ4v) is 4.66. The number of hydrogen-bond donors (Lipinski definition) is 1. The molecule has 1 N–H and O–H groups in total. The summed E-state index contributed by atoms with van der Waals surface area (Å²) in [7, 11) is 0. The number of nitrogens with one attached hydrogen (secondary N) is 1. The SMILES string of the molecule is N#Cc1nc(-c2ccnc3nc(-c4ccc(N5CCOCC5)cc4)[nH]c23)ccc1OC1CCOCC1. The normalized spacial score (nSPS) is 16.7. The number of rotatable bonds is 5. The van der Waals surface area contributed by atoms with Crippen molar-refractivity contribution >= 4 is 16.9 Å². The van der Waals surface area contributed by atoms with E-state index in [-0.39, 0.29) is 11.8 Å². The zero-order chi connectivity index (χ0) is 24.3. The van der Waals surface area contributed by atoms with Crippen molar-refractivity contribution in [3.63, 3.8) is 0 Å². The molecule has 2 fully saturated rings. The summed E-state index contributed by atoms with van der Waals surface area (Å²) in [5, 5.41) is 9.74. The Balaban J connectivity index is 1.29. The molecule has 6 rings (SSSR count). The summed E-state index contributed by atoms with van der Waals surface area (Å²) >= 11 is 0. The van der Waals surface area contributed by atoms with Crippen LogP contribution >= 0.6 is 0 Å². The van der Waals surface area contributed by atoms with Gasteiger partial charge in [-0.05, 0) is 42.5 Å². The van der Waals surface area contributed by atoms with Gasteiger partial charge in [0.1, 0.15) is 18.0 Å². The van der Waals surface area contributed by atoms with Crippen LogP contribution in [0.2, 0.25) is 0 Å². The van der Waals surface area contributed by atoms with Gasteiger partial charge in [-0.25, -0.2) is 15.0 Å². The first kappa shape index (κ1) is 22.5. The molecular formula is C27H26N6O3. The molecule has 5 heterocycles. The number of aromatic nitrogens is 4. The number of nitriles is 1. The molecule has 0 spiro atoms. The van der Waals surface area contributed by atoms with E-state index in [9.17, 15) is 5.26 Å². The van der Waals surface area contributed by atoms with Crippen molar-refractivity contribution in [2.24, 2.45) is 0 Å². The lowest BCUT2D eigenvalue weighted by Gasteiger charge is -2.28. The smallest absolute Gasteiger partial charge is 0.183 e. The van der Waals surface area contributed by atoms with Crippen LogP contribution in [-0.4, -0.2) is 65.6 Å². The molecule has 1 aromatic carbocycles. The number of anilines is 1. The molecule has 0 saturated carbocycles. The minimum atomic E-state index is 0.0379. The predicted octanol–water partition coefficient (Wildman–Crippen LogP) is 3.95. The highest BCUT2D eigenvalue weighted by Crippen LogP contribution is 2.31. The van der Waals surface area contributed by atoms with Gasteiger partial charge in [-0.15, -0.1) is 0 Å². The monoisotopic (exact) mass is 482 g/mol. The second-order valence-electron chi connectivity index (χ2n) is 8.87. The van der Waals surface area contributed by atoms with E-state index >= 15 is 0 Å². The molecule has 2 aliphatic rings. The number of nitrogens with zero attached hydrogens (tertiary/aromatic N) is 5. The van der Waals surface area contributed by atoms with Crippen LogP contribution in [0.5, 0.6) is 5.75 Å². The molecule has 2 saturated heterocycles. The number of imidazole rings is 1. The number of benzene rings is 1. The molecule has 9 nitrogen and oxygen atoms in total. The Morgan fingerprint density at radius 3 is 2.50 bits per heavy atom. The predicted molar refractivity (Wildman–Crippen MR) is 135 cm³/mol. The van der Waals surface area contributed by atoms with Gasteiger partial charge in [0.25, 0.3) is 0 Å². The first-order chi connectivity index (χ1) is 17.8. The van der Waals surface area contributed by atoms with Crippen molar-refractivity contribution in [2.45, 2.75) is 18.9 Å². The van der Waals surface area contributed by atoms with Crippen molar-refractivity contribution in [2.75, 3.05) is 44.4 Å². The first-order valence-corrected chi connectivity index (χ1v) is 12.2. The highest BCUT2D eigenvalue weighted by atomic mass is 16.5. The first-order valence-electron chi connectivity index (χ1n) is 12.2. The molecule has 9 heteroatoms. The zero-order valence-corrected chi connectivity index (χ0v) is 19.8. The van der Waals surface area contributed by atoms with Gasteiger partial charge in [-0.1, -0.05) is 0 Å². The van der Waals surface area contributed by atoms with Gasteiger partial charge in [0, 0.05) is 48.9 Å². The van der Waals surface area contributed by atoms with E-state index in [0.29, 0.717) is 30.3 Å². The number of hydrogen-bond acceptors (Lipinski definition) is 8. The Morgan fingerprint density at radius 1 is 0.944 bits per heavy atom. The number of pyridine rings is 2. The maximum Gasteiger partial charge on any atom is 0.183 e. The van der Waals surface area contributed by atoms with Crippen molar-refractivity contribution in [3.8, 4) is 34.5 Å². The maximum absolute atomic E-state index is 9.74. The third-order valence-corrected chi connectivity index (χ3v) is 6.61. The van der Waals surface area contributed by atoms with Gasteiger partial charge in [0.05, 0.1) is 37.6 Å². The number of aromatic amines is 1. The maximum atomic E-state index is 9.74. The van der Waals surface area contributed by atoms with Gasteiger partial charge in [-0.3, -0.25) is 0 Å². The van der Waals surface area contributed by atoms with E-state index < -0.39 is 0 Å². The summed E-state index contributed by atoms with van der Waals surface area (Å²) in [5.41, 5.74) is 5.29. The Morgan fingerprint density at radius 2 is 1.72 bits per heavy atom. The number of ether oxygens (including phenoxy) is 3. The van der Waals surface area contributed by atoms with Crippen LogP contribution < -0.4 is 9.64 Å². The topological polar surface area (TPSA) is 109 Å². The summed E-state index contributed by atoms with van der Waals surface area (Å²) in [6, 6.07) is 16.1. The van der Waals surface area contributed by atoms with Crippen LogP contribution in [0.3, 0.4) is 0 Å².